The topological polar surface area (TPSA) is 71.5 Å². The standard InChI is InChI=1S/C20H23N7S.HI/c1-14-10-15(2)27(25-14)18-7-5-4-6-16(18)11-22-19(21-3)23-12-17-13-26-8-9-28-20(26)24-17;/h4-10,13H,11-12H2,1-3H3,(H2,21,22,23);1H. The molecule has 29 heavy (non-hydrogen) atoms. The Hall–Kier alpha value is -2.40. The number of rotatable bonds is 5. The molecule has 4 rings (SSSR count). The normalized spacial score (nSPS) is 11.5. The van der Waals surface area contributed by atoms with E-state index in [0.717, 1.165) is 39.3 Å². The molecule has 4 aromatic rings. The minimum absolute atomic E-state index is 0. The number of thiazole rings is 1. The lowest BCUT2D eigenvalue weighted by Crippen LogP contribution is -2.36. The molecule has 3 heterocycles. The van der Waals surface area contributed by atoms with E-state index >= 15 is 0 Å². The first-order chi connectivity index (χ1) is 13.6. The van der Waals surface area contributed by atoms with Gasteiger partial charge in [0.1, 0.15) is 0 Å². The van der Waals surface area contributed by atoms with E-state index in [2.05, 4.69) is 50.8 Å². The number of hydrogen-bond acceptors (Lipinski definition) is 4. The number of para-hydroxylation sites is 1. The SMILES string of the molecule is CN=C(NCc1cn2ccsc2n1)NCc1ccccc1-n1nc(C)cc1C.I. The molecule has 0 saturated heterocycles. The number of halogens is 1. The van der Waals surface area contributed by atoms with Crippen LogP contribution in [0.5, 0.6) is 0 Å². The van der Waals surface area contributed by atoms with Gasteiger partial charge >= 0.3 is 0 Å². The first-order valence-electron chi connectivity index (χ1n) is 9.11. The second kappa shape index (κ2) is 9.40. The van der Waals surface area contributed by atoms with Crippen LogP contribution >= 0.6 is 35.3 Å². The zero-order valence-electron chi connectivity index (χ0n) is 16.6. The number of guanidine groups is 1. The van der Waals surface area contributed by atoms with E-state index in [-0.39, 0.29) is 24.0 Å². The van der Waals surface area contributed by atoms with Gasteiger partial charge in [0.2, 0.25) is 0 Å². The fourth-order valence-corrected chi connectivity index (χ4v) is 3.89. The van der Waals surface area contributed by atoms with Crippen molar-refractivity contribution in [3.63, 3.8) is 0 Å². The number of imidazole rings is 1. The molecule has 3 aromatic heterocycles. The molecule has 152 valence electrons. The molecule has 7 nitrogen and oxygen atoms in total. The second-order valence-electron chi connectivity index (χ2n) is 6.57. The molecule has 2 N–H and O–H groups in total. The number of fused-ring (bicyclic) bond motifs is 1. The van der Waals surface area contributed by atoms with Crippen molar-refractivity contribution in [1.82, 2.24) is 29.8 Å². The lowest BCUT2D eigenvalue weighted by molar-refractivity contribution is 0.776. The zero-order chi connectivity index (χ0) is 19.5. The fraction of sp³-hybridized carbons (Fsp3) is 0.250. The van der Waals surface area contributed by atoms with Crippen LogP contribution in [0.15, 0.2) is 53.1 Å². The first-order valence-corrected chi connectivity index (χ1v) is 9.99. The van der Waals surface area contributed by atoms with Crippen molar-refractivity contribution in [2.75, 3.05) is 7.05 Å². The van der Waals surface area contributed by atoms with Gasteiger partial charge in [-0.05, 0) is 31.5 Å². The Morgan fingerprint density at radius 1 is 1.17 bits per heavy atom. The molecule has 0 aliphatic heterocycles. The fourth-order valence-electron chi connectivity index (χ4n) is 3.17. The molecular formula is C20H24IN7S. The predicted octanol–water partition coefficient (Wildman–Crippen LogP) is 3.68. The number of nitrogens with one attached hydrogen (secondary N) is 2. The summed E-state index contributed by atoms with van der Waals surface area (Å²) < 4.78 is 4.02. The smallest absolute Gasteiger partial charge is 0.193 e. The van der Waals surface area contributed by atoms with Crippen LogP contribution in [0, 0.1) is 13.8 Å². The Morgan fingerprint density at radius 2 is 1.97 bits per heavy atom. The van der Waals surface area contributed by atoms with Gasteiger partial charge in [-0.2, -0.15) is 5.10 Å². The lowest BCUT2D eigenvalue weighted by Gasteiger charge is -2.14. The number of aromatic nitrogens is 4. The molecule has 0 aliphatic carbocycles. The molecule has 1 aromatic carbocycles. The Bertz CT molecular complexity index is 1100. The van der Waals surface area contributed by atoms with Crippen molar-refractivity contribution in [3.8, 4) is 5.69 Å². The summed E-state index contributed by atoms with van der Waals surface area (Å²) in [6.07, 6.45) is 4.05. The van der Waals surface area contributed by atoms with Crippen molar-refractivity contribution < 1.29 is 0 Å². The van der Waals surface area contributed by atoms with Crippen LogP contribution in [0.25, 0.3) is 10.6 Å². The molecule has 0 spiro atoms. The van der Waals surface area contributed by atoms with Crippen molar-refractivity contribution in [1.29, 1.82) is 0 Å². The van der Waals surface area contributed by atoms with Crippen LogP contribution < -0.4 is 10.6 Å². The van der Waals surface area contributed by atoms with Gasteiger partial charge in [0.05, 0.1) is 23.6 Å². The van der Waals surface area contributed by atoms with E-state index in [1.165, 1.54) is 0 Å². The van der Waals surface area contributed by atoms with Crippen LogP contribution in [0.3, 0.4) is 0 Å². The third-order valence-corrected chi connectivity index (χ3v) is 5.25. The first kappa shape index (κ1) is 21.3. The van der Waals surface area contributed by atoms with Crippen molar-refractivity contribution >= 4 is 46.2 Å². The maximum absolute atomic E-state index is 4.61. The van der Waals surface area contributed by atoms with Gasteiger partial charge in [0.15, 0.2) is 10.9 Å². The maximum Gasteiger partial charge on any atom is 0.193 e. The van der Waals surface area contributed by atoms with E-state index < -0.39 is 0 Å². The van der Waals surface area contributed by atoms with Crippen molar-refractivity contribution in [3.05, 3.63) is 70.8 Å². The number of aliphatic imine (C=N–C) groups is 1. The second-order valence-corrected chi connectivity index (χ2v) is 7.45. The quantitative estimate of drug-likeness (QED) is 0.239. The predicted molar refractivity (Wildman–Crippen MR) is 129 cm³/mol. The van der Waals surface area contributed by atoms with Gasteiger partial charge in [-0.15, -0.1) is 35.3 Å². The highest BCUT2D eigenvalue weighted by Gasteiger charge is 2.09. The minimum Gasteiger partial charge on any atom is -0.352 e. The number of aryl methyl sites for hydroxylation is 2. The van der Waals surface area contributed by atoms with Gasteiger partial charge in [0, 0.05) is 37.1 Å². The van der Waals surface area contributed by atoms with Gasteiger partial charge in [0.25, 0.3) is 0 Å². The van der Waals surface area contributed by atoms with E-state index in [1.54, 1.807) is 18.4 Å². The highest BCUT2D eigenvalue weighted by atomic mass is 127. The Labute approximate surface area is 190 Å². The largest absolute Gasteiger partial charge is 0.352 e. The van der Waals surface area contributed by atoms with E-state index in [9.17, 15) is 0 Å². The molecule has 0 radical (unpaired) electrons. The van der Waals surface area contributed by atoms with Crippen LogP contribution in [0.2, 0.25) is 0 Å². The molecule has 0 unspecified atom stereocenters. The molecule has 0 atom stereocenters. The van der Waals surface area contributed by atoms with Crippen molar-refractivity contribution in [2.24, 2.45) is 4.99 Å². The van der Waals surface area contributed by atoms with Crippen LogP contribution in [0.4, 0.5) is 0 Å². The summed E-state index contributed by atoms with van der Waals surface area (Å²) in [7, 11) is 1.77. The summed E-state index contributed by atoms with van der Waals surface area (Å²) in [5.74, 6) is 0.736. The lowest BCUT2D eigenvalue weighted by atomic mass is 10.1. The number of benzene rings is 1. The molecular weight excluding hydrogens is 497 g/mol. The monoisotopic (exact) mass is 521 g/mol. The summed E-state index contributed by atoms with van der Waals surface area (Å²) in [6.45, 7) is 5.34. The molecule has 9 heteroatoms. The summed E-state index contributed by atoms with van der Waals surface area (Å²) >= 11 is 1.63. The summed E-state index contributed by atoms with van der Waals surface area (Å²) in [4.78, 5) is 9.91. The maximum atomic E-state index is 4.61. The zero-order valence-corrected chi connectivity index (χ0v) is 19.7. The summed E-state index contributed by atoms with van der Waals surface area (Å²) in [5, 5.41) is 13.4. The molecule has 0 bridgehead atoms. The summed E-state index contributed by atoms with van der Waals surface area (Å²) in [6, 6.07) is 10.4. The highest BCUT2D eigenvalue weighted by Crippen LogP contribution is 2.17. The molecule has 0 fully saturated rings. The Kier molecular flexibility index (Phi) is 6.91. The average Bonchev–Trinajstić information content (AvgIpc) is 3.37. The van der Waals surface area contributed by atoms with Gasteiger partial charge in [-0.3, -0.25) is 9.39 Å². The van der Waals surface area contributed by atoms with E-state index in [0.29, 0.717) is 13.1 Å². The average molecular weight is 521 g/mol. The van der Waals surface area contributed by atoms with Gasteiger partial charge in [-0.1, -0.05) is 18.2 Å². The molecule has 0 aliphatic rings. The third-order valence-electron chi connectivity index (χ3n) is 4.48. The van der Waals surface area contributed by atoms with Crippen LogP contribution in [-0.2, 0) is 13.1 Å². The Morgan fingerprint density at radius 3 is 2.69 bits per heavy atom. The van der Waals surface area contributed by atoms with Gasteiger partial charge in [-0.25, -0.2) is 9.67 Å². The summed E-state index contributed by atoms with van der Waals surface area (Å²) in [5.41, 5.74) is 5.34. The highest BCUT2D eigenvalue weighted by molar-refractivity contribution is 14.0. The van der Waals surface area contributed by atoms with Crippen molar-refractivity contribution in [2.45, 2.75) is 26.9 Å². The van der Waals surface area contributed by atoms with Gasteiger partial charge < -0.3 is 10.6 Å². The number of hydrogen-bond donors (Lipinski definition) is 2. The van der Waals surface area contributed by atoms with Crippen LogP contribution in [0.1, 0.15) is 22.6 Å². The Balaban J connectivity index is 0.00000240. The van der Waals surface area contributed by atoms with E-state index in [4.69, 9.17) is 0 Å². The molecule has 0 saturated carbocycles. The minimum atomic E-state index is 0. The third kappa shape index (κ3) is 4.78. The number of nitrogens with zero attached hydrogens (tertiary/aromatic N) is 5. The van der Waals surface area contributed by atoms with E-state index in [1.807, 2.05) is 45.9 Å². The van der Waals surface area contributed by atoms with Crippen LogP contribution in [-0.4, -0.2) is 32.2 Å². The molecule has 0 amide bonds.